The first-order valence-electron chi connectivity index (χ1n) is 5.02. The molecule has 1 rings (SSSR count). The Balaban J connectivity index is 3.14. The average Bonchev–Trinajstić information content (AvgIpc) is 2.17. The molecule has 0 heterocycles. The van der Waals surface area contributed by atoms with Crippen molar-refractivity contribution in [3.05, 3.63) is 35.2 Å². The number of nitrogens with zero attached hydrogens (tertiary/aromatic N) is 1. The molecule has 0 aliphatic heterocycles. The second-order valence-corrected chi connectivity index (χ2v) is 9.26. The van der Waals surface area contributed by atoms with Crippen LogP contribution in [0.3, 0.4) is 0 Å². The van der Waals surface area contributed by atoms with Crippen LogP contribution in [0.25, 0.3) is 0 Å². The summed E-state index contributed by atoms with van der Waals surface area (Å²) < 4.78 is 1.84. The van der Waals surface area contributed by atoms with E-state index in [4.69, 9.17) is 0 Å². The molecule has 88 valence electrons. The Morgan fingerprint density at radius 2 is 1.69 bits per heavy atom. The third kappa shape index (κ3) is 2.49. The molecule has 16 heavy (non-hydrogen) atoms. The Hall–Kier alpha value is -1.18. The standard InChI is InChI=1S/C9H16BNO4Si/c1-16(2,3)15(11-14)10(12,13)9-7-5-4-6-8-9/h4-8,12-13H,1-3H3. The fourth-order valence-corrected chi connectivity index (χ4v) is 2.84. The molecule has 0 aliphatic carbocycles. The van der Waals surface area contributed by atoms with Crippen molar-refractivity contribution in [2.45, 2.75) is 19.6 Å². The van der Waals surface area contributed by atoms with E-state index < -0.39 is 15.1 Å². The quantitative estimate of drug-likeness (QED) is 0.356. The van der Waals surface area contributed by atoms with Crippen LogP contribution in [0.4, 0.5) is 0 Å². The van der Waals surface area contributed by atoms with Gasteiger partial charge in [0, 0.05) is 0 Å². The minimum atomic E-state index is -3.14. The molecule has 0 atom stereocenters. The van der Waals surface area contributed by atoms with Crippen molar-refractivity contribution < 1.29 is 14.1 Å². The molecule has 7 heteroatoms. The second kappa shape index (κ2) is 4.36. The van der Waals surface area contributed by atoms with E-state index in [0.29, 0.717) is 0 Å². The Morgan fingerprint density at radius 1 is 1.19 bits per heavy atom. The van der Waals surface area contributed by atoms with Crippen molar-refractivity contribution >= 4 is 20.5 Å². The van der Waals surface area contributed by atoms with Crippen LogP contribution >= 0.6 is 0 Å². The van der Waals surface area contributed by atoms with Gasteiger partial charge in [-0.1, -0.05) is 35.8 Å². The van der Waals surface area contributed by atoms with Gasteiger partial charge in [-0.25, -0.2) is 0 Å². The lowest BCUT2D eigenvalue weighted by atomic mass is 9.71. The summed E-state index contributed by atoms with van der Waals surface area (Å²) >= 11 is 0. The highest BCUT2D eigenvalue weighted by atomic mass is 28.4. The highest BCUT2D eigenvalue weighted by molar-refractivity contribution is 6.85. The first-order valence-corrected chi connectivity index (χ1v) is 8.43. The number of hydrogen-bond donors (Lipinski definition) is 2. The van der Waals surface area contributed by atoms with Gasteiger partial charge < -0.3 is 14.1 Å². The number of benzene rings is 1. The van der Waals surface area contributed by atoms with Gasteiger partial charge in [0.05, 0.1) is 0 Å². The topological polar surface area (TPSA) is 72.6 Å². The number of rotatable bonds is 4. The predicted octanol–water partition coefficient (Wildman–Crippen LogP) is 0.886. The Bertz CT molecular complexity index is 366. The average molecular weight is 241 g/mol. The van der Waals surface area contributed by atoms with Gasteiger partial charge in [-0.05, 0) is 19.6 Å². The van der Waals surface area contributed by atoms with Crippen molar-refractivity contribution in [2.24, 2.45) is 5.34 Å². The zero-order valence-corrected chi connectivity index (χ0v) is 10.6. The van der Waals surface area contributed by atoms with Crippen LogP contribution in [0.15, 0.2) is 35.7 Å². The maximum Gasteiger partial charge on any atom is 0.544 e. The maximum atomic E-state index is 10.7. The summed E-state index contributed by atoms with van der Waals surface area (Å²) in [4.78, 5) is 10.7. The van der Waals surface area contributed by atoms with Crippen LogP contribution in [0.1, 0.15) is 0 Å². The molecule has 0 saturated heterocycles. The van der Waals surface area contributed by atoms with Crippen molar-refractivity contribution in [1.82, 2.24) is 0 Å². The van der Waals surface area contributed by atoms with E-state index >= 15 is 0 Å². The van der Waals surface area contributed by atoms with Gasteiger partial charge in [-0.15, -0.1) is 0 Å². The zero-order valence-electron chi connectivity index (χ0n) is 9.62. The van der Waals surface area contributed by atoms with Crippen LogP contribution in [-0.2, 0) is 4.07 Å². The van der Waals surface area contributed by atoms with Gasteiger partial charge in [0.1, 0.15) is 0 Å². The van der Waals surface area contributed by atoms with Crippen molar-refractivity contribution in [2.75, 3.05) is 0 Å². The molecule has 0 unspecified atom stereocenters. The first-order chi connectivity index (χ1) is 7.30. The van der Waals surface area contributed by atoms with Gasteiger partial charge in [-0.2, -0.15) is 0 Å². The lowest BCUT2D eigenvalue weighted by molar-refractivity contribution is 0.0596. The van der Waals surface area contributed by atoms with E-state index in [1.165, 1.54) is 0 Å². The fraction of sp³-hybridized carbons (Fsp3) is 0.333. The summed E-state index contributed by atoms with van der Waals surface area (Å²) in [5, 5.41) is 22.8. The molecular formula is C9H16BNO4Si. The van der Waals surface area contributed by atoms with Crippen LogP contribution < -0.4 is 5.46 Å². The van der Waals surface area contributed by atoms with Gasteiger partial charge in [0.25, 0.3) is 8.32 Å². The van der Waals surface area contributed by atoms with Crippen LogP contribution in [-0.4, -0.2) is 25.1 Å². The molecule has 0 bridgehead atoms. The monoisotopic (exact) mass is 241 g/mol. The maximum absolute atomic E-state index is 10.7. The molecule has 0 fully saturated rings. The van der Waals surface area contributed by atoms with Crippen molar-refractivity contribution in [3.8, 4) is 0 Å². The smallest absolute Gasteiger partial charge is 0.544 e. The highest BCUT2D eigenvalue weighted by Gasteiger charge is 2.44. The molecular weight excluding hydrogens is 225 g/mol. The molecule has 0 saturated carbocycles. The summed E-state index contributed by atoms with van der Waals surface area (Å²) in [6.07, 6.45) is 0. The summed E-state index contributed by atoms with van der Waals surface area (Å²) in [5.41, 5.74) is 0.259. The molecule has 0 spiro atoms. The first kappa shape index (κ1) is 12.9. The summed E-state index contributed by atoms with van der Waals surface area (Å²) in [6.45, 7) is 2.21. The lowest BCUT2D eigenvalue weighted by Crippen LogP contribution is -2.63. The van der Waals surface area contributed by atoms with Gasteiger partial charge in [0.15, 0.2) is 0 Å². The Kier molecular flexibility index (Phi) is 3.51. The van der Waals surface area contributed by atoms with Gasteiger partial charge >= 0.3 is 12.1 Å². The SMILES string of the molecule is C[Si](C)(C)[O+](N=O)[B-](O)(O)c1ccccc1. The Morgan fingerprint density at radius 3 is 2.06 bits per heavy atom. The highest BCUT2D eigenvalue weighted by Crippen LogP contribution is 2.21. The fourth-order valence-electron chi connectivity index (χ4n) is 1.50. The van der Waals surface area contributed by atoms with E-state index in [1.54, 1.807) is 50.0 Å². The largest absolute Gasteiger partial charge is 0.678 e. The number of hydrogen-bond acceptors (Lipinski definition) is 4. The van der Waals surface area contributed by atoms with Crippen molar-refractivity contribution in [3.63, 3.8) is 0 Å². The third-order valence-corrected chi connectivity index (χ3v) is 3.91. The van der Waals surface area contributed by atoms with Gasteiger partial charge in [-0.3, -0.25) is 0 Å². The predicted molar refractivity (Wildman–Crippen MR) is 66.5 cm³/mol. The lowest BCUT2D eigenvalue weighted by Gasteiger charge is -2.45. The molecule has 1 aromatic carbocycles. The summed E-state index contributed by atoms with van der Waals surface area (Å²) in [5.74, 6) is 0. The Labute approximate surface area is 95.5 Å². The molecule has 2 N–H and O–H groups in total. The van der Waals surface area contributed by atoms with Crippen LogP contribution in [0.5, 0.6) is 0 Å². The summed E-state index contributed by atoms with van der Waals surface area (Å²) in [7, 11) is -2.31. The molecule has 0 amide bonds. The van der Waals surface area contributed by atoms with Gasteiger partial charge in [0.2, 0.25) is 4.91 Å². The minimum absolute atomic E-state index is 0.259. The second-order valence-electron chi connectivity index (χ2n) is 4.61. The molecule has 5 nitrogen and oxygen atoms in total. The minimum Gasteiger partial charge on any atom is -0.678 e. The van der Waals surface area contributed by atoms with E-state index in [9.17, 15) is 15.0 Å². The molecule has 0 radical (unpaired) electrons. The van der Waals surface area contributed by atoms with Crippen LogP contribution in [0.2, 0.25) is 19.6 Å². The van der Waals surface area contributed by atoms with E-state index in [0.717, 1.165) is 0 Å². The third-order valence-electron chi connectivity index (χ3n) is 2.25. The molecule has 1 aromatic rings. The van der Waals surface area contributed by atoms with E-state index in [-0.39, 0.29) is 5.46 Å². The van der Waals surface area contributed by atoms with E-state index in [2.05, 4.69) is 5.34 Å². The van der Waals surface area contributed by atoms with E-state index in [1.807, 2.05) is 4.07 Å². The normalized spacial score (nSPS) is 12.3. The summed E-state index contributed by atoms with van der Waals surface area (Å²) in [6, 6.07) is 8.20. The van der Waals surface area contributed by atoms with Crippen LogP contribution in [0, 0.1) is 4.91 Å². The van der Waals surface area contributed by atoms with Crippen molar-refractivity contribution in [1.29, 1.82) is 0 Å². The molecule has 0 aliphatic rings. The molecule has 0 aromatic heterocycles. The zero-order chi connectivity index (χ0) is 12.4.